The van der Waals surface area contributed by atoms with E-state index >= 15 is 0 Å². The molecule has 2 amide bonds. The molecule has 0 bridgehead atoms. The second-order valence-corrected chi connectivity index (χ2v) is 4.71. The summed E-state index contributed by atoms with van der Waals surface area (Å²) in [6, 6.07) is 13.8. The first kappa shape index (κ1) is 15.6. The number of anilines is 2. The van der Waals surface area contributed by atoms with Crippen LogP contribution in [0.5, 0.6) is 0 Å². The summed E-state index contributed by atoms with van der Waals surface area (Å²) in [4.78, 5) is 23.9. The molecule has 2 aromatic rings. The molecule has 0 heterocycles. The van der Waals surface area contributed by atoms with Gasteiger partial charge < -0.3 is 15.4 Å². The third kappa shape index (κ3) is 4.09. The van der Waals surface area contributed by atoms with E-state index in [2.05, 4.69) is 10.6 Å². The lowest BCUT2D eigenvalue weighted by molar-refractivity contribution is 0.0527. The molecule has 2 rings (SSSR count). The lowest BCUT2D eigenvalue weighted by atomic mass is 10.2. The number of para-hydroxylation sites is 1. The Balaban J connectivity index is 2.10. The Morgan fingerprint density at radius 3 is 2.55 bits per heavy atom. The standard InChI is InChI=1S/C17H18N2O3/c1-3-22-16(20)14-9-4-5-10-15(14)19-17(21)18-13-8-6-7-12(2)11-13/h4-11H,3H2,1-2H3,(H2,18,19,21). The molecule has 5 heteroatoms. The van der Waals surface area contributed by atoms with E-state index in [0.29, 0.717) is 16.9 Å². The van der Waals surface area contributed by atoms with Crippen LogP contribution in [0, 0.1) is 6.92 Å². The molecule has 22 heavy (non-hydrogen) atoms. The van der Waals surface area contributed by atoms with Gasteiger partial charge >= 0.3 is 12.0 Å². The Morgan fingerprint density at radius 1 is 1.05 bits per heavy atom. The Labute approximate surface area is 129 Å². The molecule has 2 aromatic carbocycles. The van der Waals surface area contributed by atoms with Gasteiger partial charge in [-0.25, -0.2) is 9.59 Å². The molecule has 5 nitrogen and oxygen atoms in total. The molecule has 0 aliphatic rings. The van der Waals surface area contributed by atoms with Gasteiger partial charge in [0.1, 0.15) is 0 Å². The average molecular weight is 298 g/mol. The van der Waals surface area contributed by atoms with Crippen molar-refractivity contribution in [3.05, 3.63) is 59.7 Å². The number of esters is 1. The average Bonchev–Trinajstić information content (AvgIpc) is 2.48. The van der Waals surface area contributed by atoms with Crippen LogP contribution in [0.4, 0.5) is 16.2 Å². The molecule has 0 atom stereocenters. The summed E-state index contributed by atoms with van der Waals surface area (Å²) in [5.41, 5.74) is 2.46. The van der Waals surface area contributed by atoms with Crippen LogP contribution in [-0.4, -0.2) is 18.6 Å². The predicted molar refractivity (Wildman–Crippen MR) is 86.2 cm³/mol. The molecule has 114 valence electrons. The summed E-state index contributed by atoms with van der Waals surface area (Å²) < 4.78 is 4.97. The van der Waals surface area contributed by atoms with Crippen LogP contribution in [0.2, 0.25) is 0 Å². The molecule has 0 unspecified atom stereocenters. The maximum absolute atomic E-state index is 12.1. The molecule has 0 radical (unpaired) electrons. The fraction of sp³-hybridized carbons (Fsp3) is 0.176. The molecule has 0 saturated heterocycles. The lowest BCUT2D eigenvalue weighted by Crippen LogP contribution is -2.21. The highest BCUT2D eigenvalue weighted by Gasteiger charge is 2.13. The monoisotopic (exact) mass is 298 g/mol. The van der Waals surface area contributed by atoms with E-state index in [9.17, 15) is 9.59 Å². The first-order chi connectivity index (χ1) is 10.6. The molecule has 0 fully saturated rings. The number of nitrogens with one attached hydrogen (secondary N) is 2. The minimum absolute atomic E-state index is 0.280. The highest BCUT2D eigenvalue weighted by molar-refractivity contribution is 6.05. The Morgan fingerprint density at radius 2 is 1.82 bits per heavy atom. The molecule has 0 aliphatic heterocycles. The van der Waals surface area contributed by atoms with E-state index in [1.165, 1.54) is 0 Å². The minimum Gasteiger partial charge on any atom is -0.462 e. The van der Waals surface area contributed by atoms with Gasteiger partial charge in [-0.3, -0.25) is 0 Å². The maximum Gasteiger partial charge on any atom is 0.340 e. The van der Waals surface area contributed by atoms with E-state index in [-0.39, 0.29) is 6.61 Å². The molecule has 0 spiro atoms. The van der Waals surface area contributed by atoms with E-state index in [1.54, 1.807) is 37.3 Å². The Hall–Kier alpha value is -2.82. The van der Waals surface area contributed by atoms with Crippen molar-refractivity contribution >= 4 is 23.4 Å². The number of hydrogen-bond donors (Lipinski definition) is 2. The summed E-state index contributed by atoms with van der Waals surface area (Å²) in [5, 5.41) is 5.39. The summed E-state index contributed by atoms with van der Waals surface area (Å²) >= 11 is 0. The van der Waals surface area contributed by atoms with E-state index in [4.69, 9.17) is 4.74 Å². The number of hydrogen-bond acceptors (Lipinski definition) is 3. The second kappa shape index (κ2) is 7.26. The minimum atomic E-state index is -0.464. The number of carbonyl (C=O) groups excluding carboxylic acids is 2. The first-order valence-corrected chi connectivity index (χ1v) is 7.01. The van der Waals surface area contributed by atoms with Gasteiger partial charge in [0.15, 0.2) is 0 Å². The first-order valence-electron chi connectivity index (χ1n) is 7.01. The van der Waals surface area contributed by atoms with E-state index in [1.807, 2.05) is 25.1 Å². The van der Waals surface area contributed by atoms with Gasteiger partial charge in [0.2, 0.25) is 0 Å². The van der Waals surface area contributed by atoms with Crippen molar-refractivity contribution in [1.29, 1.82) is 0 Å². The fourth-order valence-corrected chi connectivity index (χ4v) is 1.99. The molecular weight excluding hydrogens is 280 g/mol. The number of rotatable bonds is 4. The van der Waals surface area contributed by atoms with E-state index < -0.39 is 12.0 Å². The zero-order chi connectivity index (χ0) is 15.9. The van der Waals surface area contributed by atoms with Gasteiger partial charge in [-0.05, 0) is 43.7 Å². The van der Waals surface area contributed by atoms with Crippen molar-refractivity contribution < 1.29 is 14.3 Å². The lowest BCUT2D eigenvalue weighted by Gasteiger charge is -2.11. The number of ether oxygens (including phenoxy) is 1. The van der Waals surface area contributed by atoms with Crippen LogP contribution in [0.25, 0.3) is 0 Å². The van der Waals surface area contributed by atoms with Crippen molar-refractivity contribution in [3.8, 4) is 0 Å². The second-order valence-electron chi connectivity index (χ2n) is 4.71. The zero-order valence-corrected chi connectivity index (χ0v) is 12.6. The highest BCUT2D eigenvalue weighted by Crippen LogP contribution is 2.17. The predicted octanol–water partition coefficient (Wildman–Crippen LogP) is 3.82. The molecular formula is C17H18N2O3. The van der Waals surface area contributed by atoms with Crippen LogP contribution < -0.4 is 10.6 Å². The van der Waals surface area contributed by atoms with Crippen LogP contribution >= 0.6 is 0 Å². The van der Waals surface area contributed by atoms with Gasteiger partial charge in [-0.1, -0.05) is 24.3 Å². The molecule has 0 saturated carbocycles. The summed E-state index contributed by atoms with van der Waals surface area (Å²) in [6.45, 7) is 3.96. The third-order valence-electron chi connectivity index (χ3n) is 2.95. The summed E-state index contributed by atoms with van der Waals surface area (Å²) in [7, 11) is 0. The van der Waals surface area contributed by atoms with Crippen molar-refractivity contribution in [2.24, 2.45) is 0 Å². The number of urea groups is 1. The van der Waals surface area contributed by atoms with Crippen LogP contribution in [0.15, 0.2) is 48.5 Å². The normalized spacial score (nSPS) is 9.91. The molecule has 0 aromatic heterocycles. The largest absolute Gasteiger partial charge is 0.462 e. The van der Waals surface area contributed by atoms with Crippen LogP contribution in [0.3, 0.4) is 0 Å². The van der Waals surface area contributed by atoms with Crippen molar-refractivity contribution in [2.75, 3.05) is 17.2 Å². The van der Waals surface area contributed by atoms with Crippen molar-refractivity contribution in [1.82, 2.24) is 0 Å². The Kier molecular flexibility index (Phi) is 5.14. The number of aryl methyl sites for hydroxylation is 1. The maximum atomic E-state index is 12.1. The zero-order valence-electron chi connectivity index (χ0n) is 12.6. The van der Waals surface area contributed by atoms with Gasteiger partial charge in [0.05, 0.1) is 17.9 Å². The topological polar surface area (TPSA) is 67.4 Å². The summed E-state index contributed by atoms with van der Waals surface area (Å²) in [5.74, 6) is -0.464. The Bertz CT molecular complexity index is 683. The van der Waals surface area contributed by atoms with Crippen molar-refractivity contribution in [2.45, 2.75) is 13.8 Å². The van der Waals surface area contributed by atoms with E-state index in [0.717, 1.165) is 5.56 Å². The number of amides is 2. The fourth-order valence-electron chi connectivity index (χ4n) is 1.99. The number of benzene rings is 2. The van der Waals surface area contributed by atoms with Gasteiger partial charge in [-0.2, -0.15) is 0 Å². The highest BCUT2D eigenvalue weighted by atomic mass is 16.5. The van der Waals surface area contributed by atoms with Gasteiger partial charge in [0.25, 0.3) is 0 Å². The van der Waals surface area contributed by atoms with Gasteiger partial charge in [0, 0.05) is 5.69 Å². The molecule has 2 N–H and O–H groups in total. The smallest absolute Gasteiger partial charge is 0.340 e. The van der Waals surface area contributed by atoms with Crippen LogP contribution in [-0.2, 0) is 4.74 Å². The third-order valence-corrected chi connectivity index (χ3v) is 2.95. The molecule has 0 aliphatic carbocycles. The quantitative estimate of drug-likeness (QED) is 0.843. The van der Waals surface area contributed by atoms with Crippen molar-refractivity contribution in [3.63, 3.8) is 0 Å². The SMILES string of the molecule is CCOC(=O)c1ccccc1NC(=O)Nc1cccc(C)c1. The number of carbonyl (C=O) groups is 2. The summed E-state index contributed by atoms with van der Waals surface area (Å²) in [6.07, 6.45) is 0. The van der Waals surface area contributed by atoms with Gasteiger partial charge in [-0.15, -0.1) is 0 Å². The van der Waals surface area contributed by atoms with Crippen LogP contribution in [0.1, 0.15) is 22.8 Å².